The highest BCUT2D eigenvalue weighted by Gasteiger charge is 2.31. The van der Waals surface area contributed by atoms with Crippen molar-refractivity contribution in [1.82, 2.24) is 4.98 Å². The van der Waals surface area contributed by atoms with Gasteiger partial charge in [-0.05, 0) is 31.9 Å². The number of anilines is 1. The van der Waals surface area contributed by atoms with Gasteiger partial charge in [0.1, 0.15) is 5.82 Å². The number of benzene rings is 1. The van der Waals surface area contributed by atoms with Crippen LogP contribution in [0.1, 0.15) is 25.3 Å². The molecule has 1 aromatic carbocycles. The quantitative estimate of drug-likeness (QED) is 0.387. The zero-order valence-corrected chi connectivity index (χ0v) is 11.5. The monoisotopic (exact) mass is 270 g/mol. The van der Waals surface area contributed by atoms with Gasteiger partial charge < -0.3 is 15.8 Å². The first-order valence-electron chi connectivity index (χ1n) is 6.89. The lowest BCUT2D eigenvalue weighted by Crippen LogP contribution is -2.29. The van der Waals surface area contributed by atoms with Crippen LogP contribution in [0.25, 0.3) is 10.9 Å². The van der Waals surface area contributed by atoms with Crippen LogP contribution in [0.2, 0.25) is 0 Å². The molecule has 5 nitrogen and oxygen atoms in total. The Balaban J connectivity index is 2.20. The number of para-hydroxylation sites is 1. The van der Waals surface area contributed by atoms with Crippen LogP contribution in [0, 0.1) is 0 Å². The van der Waals surface area contributed by atoms with Gasteiger partial charge in [0.15, 0.2) is 5.84 Å². The van der Waals surface area contributed by atoms with Gasteiger partial charge in [-0.15, -0.1) is 0 Å². The number of aromatic nitrogens is 1. The van der Waals surface area contributed by atoms with Crippen LogP contribution in [0.5, 0.6) is 0 Å². The predicted molar refractivity (Wildman–Crippen MR) is 80.3 cm³/mol. The maximum Gasteiger partial charge on any atom is 0.173 e. The normalized spacial score (nSPS) is 15.6. The average Bonchev–Trinajstić information content (AvgIpc) is 3.31. The van der Waals surface area contributed by atoms with Crippen LogP contribution in [0.4, 0.5) is 5.82 Å². The lowest BCUT2D eigenvalue weighted by molar-refractivity contribution is 0.318. The molecule has 3 rings (SSSR count). The first-order valence-corrected chi connectivity index (χ1v) is 6.89. The van der Waals surface area contributed by atoms with Crippen LogP contribution in [0.3, 0.4) is 0 Å². The predicted octanol–water partition coefficient (Wildman–Crippen LogP) is 2.32. The maximum absolute atomic E-state index is 9.01. The smallest absolute Gasteiger partial charge is 0.173 e. The molecule has 104 valence electrons. The molecule has 3 N–H and O–H groups in total. The summed E-state index contributed by atoms with van der Waals surface area (Å²) in [6.45, 7) is 2.97. The van der Waals surface area contributed by atoms with Crippen molar-refractivity contribution in [1.29, 1.82) is 0 Å². The molecule has 0 unspecified atom stereocenters. The van der Waals surface area contributed by atoms with Gasteiger partial charge in [-0.2, -0.15) is 0 Å². The summed E-state index contributed by atoms with van der Waals surface area (Å²) in [4.78, 5) is 6.97. The minimum atomic E-state index is 0.109. The number of fused-ring (bicyclic) bond motifs is 1. The second-order valence-electron chi connectivity index (χ2n) is 5.05. The lowest BCUT2D eigenvalue weighted by Gasteiger charge is -2.24. The summed E-state index contributed by atoms with van der Waals surface area (Å²) in [6, 6.07) is 10.4. The fourth-order valence-electron chi connectivity index (χ4n) is 2.53. The van der Waals surface area contributed by atoms with E-state index in [2.05, 4.69) is 17.0 Å². The van der Waals surface area contributed by atoms with Crippen LogP contribution >= 0.6 is 0 Å². The molecule has 2 aromatic rings. The second kappa shape index (κ2) is 5.00. The van der Waals surface area contributed by atoms with Crippen molar-refractivity contribution in [2.45, 2.75) is 25.8 Å². The maximum atomic E-state index is 9.01. The summed E-state index contributed by atoms with van der Waals surface area (Å²) in [5, 5.41) is 13.2. The Morgan fingerprint density at radius 2 is 2.20 bits per heavy atom. The van der Waals surface area contributed by atoms with Crippen molar-refractivity contribution in [2.24, 2.45) is 10.9 Å². The molecule has 0 radical (unpaired) electrons. The van der Waals surface area contributed by atoms with Gasteiger partial charge >= 0.3 is 0 Å². The minimum absolute atomic E-state index is 0.109. The molecule has 1 saturated carbocycles. The highest BCUT2D eigenvalue weighted by atomic mass is 16.4. The van der Waals surface area contributed by atoms with Gasteiger partial charge in [-0.1, -0.05) is 23.4 Å². The molecular formula is C15H18N4O. The number of pyridine rings is 1. The molecule has 0 spiro atoms. The van der Waals surface area contributed by atoms with E-state index in [1.807, 2.05) is 30.3 Å². The number of hydrogen-bond donors (Lipinski definition) is 2. The molecule has 0 atom stereocenters. The van der Waals surface area contributed by atoms with E-state index in [0.717, 1.165) is 23.3 Å². The third kappa shape index (κ3) is 2.15. The van der Waals surface area contributed by atoms with Crippen molar-refractivity contribution in [2.75, 3.05) is 11.4 Å². The Kier molecular flexibility index (Phi) is 3.18. The summed E-state index contributed by atoms with van der Waals surface area (Å²) in [5.74, 6) is 0.918. The summed E-state index contributed by atoms with van der Waals surface area (Å²) in [5.41, 5.74) is 7.45. The number of amidine groups is 1. The summed E-state index contributed by atoms with van der Waals surface area (Å²) < 4.78 is 0. The van der Waals surface area contributed by atoms with Crippen molar-refractivity contribution in [3.05, 3.63) is 35.9 Å². The molecule has 5 heteroatoms. The molecule has 1 aliphatic carbocycles. The lowest BCUT2D eigenvalue weighted by atomic mass is 10.1. The fourth-order valence-corrected chi connectivity index (χ4v) is 2.53. The van der Waals surface area contributed by atoms with E-state index < -0.39 is 0 Å². The van der Waals surface area contributed by atoms with Gasteiger partial charge in [0.25, 0.3) is 0 Å². The Morgan fingerprint density at radius 3 is 2.85 bits per heavy atom. The van der Waals surface area contributed by atoms with E-state index in [-0.39, 0.29) is 5.84 Å². The second-order valence-corrected chi connectivity index (χ2v) is 5.05. The fraction of sp³-hybridized carbons (Fsp3) is 0.333. The van der Waals surface area contributed by atoms with Gasteiger partial charge in [0.05, 0.1) is 11.1 Å². The van der Waals surface area contributed by atoms with Crippen LogP contribution in [-0.2, 0) is 0 Å². The average molecular weight is 270 g/mol. The third-order valence-corrected chi connectivity index (χ3v) is 3.69. The van der Waals surface area contributed by atoms with E-state index in [0.29, 0.717) is 11.6 Å². The third-order valence-electron chi connectivity index (χ3n) is 3.69. The Morgan fingerprint density at radius 1 is 1.45 bits per heavy atom. The molecule has 0 amide bonds. The molecule has 1 fully saturated rings. The number of nitrogens with zero attached hydrogens (tertiary/aromatic N) is 3. The van der Waals surface area contributed by atoms with Gasteiger partial charge in [-0.3, -0.25) is 0 Å². The Labute approximate surface area is 117 Å². The molecular weight excluding hydrogens is 252 g/mol. The molecule has 1 aliphatic rings. The highest BCUT2D eigenvalue weighted by molar-refractivity contribution is 6.04. The molecule has 1 aromatic heterocycles. The van der Waals surface area contributed by atoms with Crippen molar-refractivity contribution in [3.63, 3.8) is 0 Å². The summed E-state index contributed by atoms with van der Waals surface area (Å²) in [7, 11) is 0. The Hall–Kier alpha value is -2.30. The van der Waals surface area contributed by atoms with E-state index in [9.17, 15) is 0 Å². The SMILES string of the molecule is CCN(c1nc2ccccc2cc1C(N)=NO)C1CC1. The van der Waals surface area contributed by atoms with E-state index >= 15 is 0 Å². The van der Waals surface area contributed by atoms with Crippen LogP contribution in [0.15, 0.2) is 35.5 Å². The largest absolute Gasteiger partial charge is 0.409 e. The Bertz CT molecular complexity index is 664. The zero-order chi connectivity index (χ0) is 14.1. The first kappa shape index (κ1) is 12.7. The standard InChI is InChI=1S/C15H18N4O/c1-2-19(11-7-8-11)15-12(14(16)18-20)9-10-5-3-4-6-13(10)17-15/h3-6,9,11,20H,2,7-8H2,1H3,(H2,16,18). The van der Waals surface area contributed by atoms with Crippen LogP contribution in [-0.4, -0.2) is 28.6 Å². The van der Waals surface area contributed by atoms with E-state index in [1.165, 1.54) is 12.8 Å². The number of rotatable bonds is 4. The van der Waals surface area contributed by atoms with Crippen molar-refractivity contribution in [3.8, 4) is 0 Å². The molecule has 0 aliphatic heterocycles. The number of nitrogens with two attached hydrogens (primary N) is 1. The molecule has 20 heavy (non-hydrogen) atoms. The topological polar surface area (TPSA) is 74.7 Å². The van der Waals surface area contributed by atoms with Crippen molar-refractivity contribution >= 4 is 22.6 Å². The van der Waals surface area contributed by atoms with Gasteiger partial charge in [0.2, 0.25) is 0 Å². The van der Waals surface area contributed by atoms with E-state index in [1.54, 1.807) is 0 Å². The summed E-state index contributed by atoms with van der Waals surface area (Å²) in [6.07, 6.45) is 2.36. The minimum Gasteiger partial charge on any atom is -0.409 e. The van der Waals surface area contributed by atoms with E-state index in [4.69, 9.17) is 15.9 Å². The van der Waals surface area contributed by atoms with Crippen molar-refractivity contribution < 1.29 is 5.21 Å². The summed E-state index contributed by atoms with van der Waals surface area (Å²) >= 11 is 0. The number of oxime groups is 1. The highest BCUT2D eigenvalue weighted by Crippen LogP contribution is 2.33. The number of hydrogen-bond acceptors (Lipinski definition) is 4. The molecule has 0 saturated heterocycles. The van der Waals surface area contributed by atoms with Gasteiger partial charge in [-0.25, -0.2) is 4.98 Å². The van der Waals surface area contributed by atoms with Crippen LogP contribution < -0.4 is 10.6 Å². The molecule has 0 bridgehead atoms. The molecule has 1 heterocycles. The zero-order valence-electron chi connectivity index (χ0n) is 11.5. The van der Waals surface area contributed by atoms with Gasteiger partial charge in [0, 0.05) is 18.0 Å². The first-order chi connectivity index (χ1) is 9.74.